The molecule has 0 fully saturated rings. The summed E-state index contributed by atoms with van der Waals surface area (Å²) in [7, 11) is 0. The molecule has 0 aliphatic rings. The first kappa shape index (κ1) is 18.7. The van der Waals surface area contributed by atoms with E-state index < -0.39 is 6.04 Å². The number of amides is 1. The van der Waals surface area contributed by atoms with E-state index in [2.05, 4.69) is 22.8 Å². The van der Waals surface area contributed by atoms with Gasteiger partial charge in [-0.15, -0.1) is 0 Å². The standard InChI is InChI=1S/C19H22N4OS/c1-3-21-19(25)22-17(18(24)23(4-2)13-20)12-14-9-10-15-7-5-6-8-16(15)11-14/h5-11,17H,3-4,12H2,1-2H3,(H2,21,22,25). The van der Waals surface area contributed by atoms with Gasteiger partial charge in [-0.05, 0) is 42.4 Å². The van der Waals surface area contributed by atoms with E-state index >= 15 is 0 Å². The van der Waals surface area contributed by atoms with E-state index in [0.29, 0.717) is 24.6 Å². The fourth-order valence-electron chi connectivity index (χ4n) is 2.64. The van der Waals surface area contributed by atoms with Crippen molar-refractivity contribution in [2.45, 2.75) is 26.3 Å². The minimum absolute atomic E-state index is 0.279. The van der Waals surface area contributed by atoms with Gasteiger partial charge < -0.3 is 10.6 Å². The smallest absolute Gasteiger partial charge is 0.258 e. The number of likely N-dealkylation sites (N-methyl/N-ethyl adjacent to an activating group) is 1. The second kappa shape index (κ2) is 9.00. The molecule has 25 heavy (non-hydrogen) atoms. The average molecular weight is 354 g/mol. The summed E-state index contributed by atoms with van der Waals surface area (Å²) in [5.74, 6) is -0.279. The number of carbonyl (C=O) groups is 1. The summed E-state index contributed by atoms with van der Waals surface area (Å²) in [6, 6.07) is 13.6. The molecule has 1 unspecified atom stereocenters. The Labute approximate surface area is 153 Å². The molecule has 1 atom stereocenters. The van der Waals surface area contributed by atoms with E-state index in [-0.39, 0.29) is 5.91 Å². The Hall–Kier alpha value is -2.65. The maximum atomic E-state index is 12.7. The highest BCUT2D eigenvalue weighted by Crippen LogP contribution is 2.17. The van der Waals surface area contributed by atoms with Crippen LogP contribution in [0.25, 0.3) is 10.8 Å². The molecule has 1 amide bonds. The first-order chi connectivity index (χ1) is 12.1. The zero-order chi connectivity index (χ0) is 18.2. The lowest BCUT2D eigenvalue weighted by Gasteiger charge is -2.23. The van der Waals surface area contributed by atoms with Crippen molar-refractivity contribution >= 4 is 34.0 Å². The molecule has 0 spiro atoms. The van der Waals surface area contributed by atoms with Crippen molar-refractivity contribution in [3.63, 3.8) is 0 Å². The highest BCUT2D eigenvalue weighted by Gasteiger charge is 2.24. The van der Waals surface area contributed by atoms with E-state index in [0.717, 1.165) is 21.2 Å². The van der Waals surface area contributed by atoms with Gasteiger partial charge in [-0.1, -0.05) is 42.5 Å². The number of fused-ring (bicyclic) bond motifs is 1. The van der Waals surface area contributed by atoms with Gasteiger partial charge in [-0.25, -0.2) is 4.90 Å². The minimum Gasteiger partial charge on any atom is -0.363 e. The highest BCUT2D eigenvalue weighted by atomic mass is 32.1. The molecule has 0 saturated carbocycles. The molecule has 0 heterocycles. The Morgan fingerprint density at radius 2 is 1.96 bits per heavy atom. The number of nitriles is 1. The maximum absolute atomic E-state index is 12.7. The lowest BCUT2D eigenvalue weighted by molar-refractivity contribution is -0.129. The van der Waals surface area contributed by atoms with Gasteiger partial charge in [0.1, 0.15) is 6.04 Å². The van der Waals surface area contributed by atoms with Gasteiger partial charge in [0.25, 0.3) is 5.91 Å². The fourth-order valence-corrected chi connectivity index (χ4v) is 2.92. The zero-order valence-electron chi connectivity index (χ0n) is 14.5. The van der Waals surface area contributed by atoms with Crippen LogP contribution in [0.15, 0.2) is 42.5 Å². The van der Waals surface area contributed by atoms with Crippen molar-refractivity contribution in [3.05, 3.63) is 48.0 Å². The number of rotatable bonds is 6. The van der Waals surface area contributed by atoms with Gasteiger partial charge in [-0.3, -0.25) is 4.79 Å². The third kappa shape index (κ3) is 4.91. The van der Waals surface area contributed by atoms with Crippen molar-refractivity contribution in [1.29, 1.82) is 5.26 Å². The van der Waals surface area contributed by atoms with E-state index in [4.69, 9.17) is 17.5 Å². The summed E-state index contributed by atoms with van der Waals surface area (Å²) in [4.78, 5) is 13.8. The van der Waals surface area contributed by atoms with Crippen LogP contribution in [0, 0.1) is 11.5 Å². The van der Waals surface area contributed by atoms with Crippen LogP contribution in [-0.4, -0.2) is 35.1 Å². The third-order valence-corrected chi connectivity index (χ3v) is 4.16. The van der Waals surface area contributed by atoms with Crippen LogP contribution < -0.4 is 10.6 Å². The van der Waals surface area contributed by atoms with Crippen LogP contribution in [0.3, 0.4) is 0 Å². The molecule has 2 aromatic carbocycles. The summed E-state index contributed by atoms with van der Waals surface area (Å²) in [5.41, 5.74) is 1.01. The molecule has 130 valence electrons. The number of carbonyl (C=O) groups excluding carboxylic acids is 1. The summed E-state index contributed by atoms with van der Waals surface area (Å²) in [6.07, 6.45) is 2.38. The van der Waals surface area contributed by atoms with E-state index in [1.165, 1.54) is 0 Å². The Balaban J connectivity index is 2.25. The molecule has 5 nitrogen and oxygen atoms in total. The number of hydrogen-bond acceptors (Lipinski definition) is 3. The largest absolute Gasteiger partial charge is 0.363 e. The van der Waals surface area contributed by atoms with Crippen LogP contribution in [0.4, 0.5) is 0 Å². The normalized spacial score (nSPS) is 11.4. The fraction of sp³-hybridized carbons (Fsp3) is 0.316. The molecule has 0 aliphatic heterocycles. The van der Waals surface area contributed by atoms with Gasteiger partial charge in [0.15, 0.2) is 11.3 Å². The van der Waals surface area contributed by atoms with Crippen LogP contribution >= 0.6 is 12.2 Å². The second-order valence-corrected chi connectivity index (χ2v) is 6.03. The van der Waals surface area contributed by atoms with E-state index in [9.17, 15) is 4.79 Å². The van der Waals surface area contributed by atoms with Gasteiger partial charge in [0.2, 0.25) is 0 Å². The second-order valence-electron chi connectivity index (χ2n) is 5.62. The summed E-state index contributed by atoms with van der Waals surface area (Å²) in [5, 5.41) is 17.9. The topological polar surface area (TPSA) is 68.2 Å². The van der Waals surface area contributed by atoms with Crippen LogP contribution in [-0.2, 0) is 11.2 Å². The number of nitrogens with zero attached hydrogens (tertiary/aromatic N) is 2. The number of benzene rings is 2. The molecule has 0 aliphatic carbocycles. The van der Waals surface area contributed by atoms with Crippen molar-refractivity contribution in [2.24, 2.45) is 0 Å². The highest BCUT2D eigenvalue weighted by molar-refractivity contribution is 7.80. The molecule has 6 heteroatoms. The number of hydrogen-bond donors (Lipinski definition) is 2. The van der Waals surface area contributed by atoms with Gasteiger partial charge in [0.05, 0.1) is 0 Å². The summed E-state index contributed by atoms with van der Waals surface area (Å²) in [6.45, 7) is 4.70. The summed E-state index contributed by atoms with van der Waals surface area (Å²) < 4.78 is 0. The summed E-state index contributed by atoms with van der Waals surface area (Å²) >= 11 is 5.23. The van der Waals surface area contributed by atoms with Crippen LogP contribution in [0.5, 0.6) is 0 Å². The maximum Gasteiger partial charge on any atom is 0.258 e. The van der Waals surface area contributed by atoms with Gasteiger partial charge in [-0.2, -0.15) is 5.26 Å². The molecule has 2 rings (SSSR count). The molecule has 2 N–H and O–H groups in total. The monoisotopic (exact) mass is 354 g/mol. The molecular weight excluding hydrogens is 332 g/mol. The van der Waals surface area contributed by atoms with Crippen molar-refractivity contribution < 1.29 is 4.79 Å². The van der Waals surface area contributed by atoms with Crippen LogP contribution in [0.2, 0.25) is 0 Å². The first-order valence-electron chi connectivity index (χ1n) is 8.32. The molecule has 0 aromatic heterocycles. The number of thiocarbonyl (C=S) groups is 1. The molecule has 2 aromatic rings. The average Bonchev–Trinajstić information content (AvgIpc) is 2.62. The number of nitrogens with one attached hydrogen (secondary N) is 2. The van der Waals surface area contributed by atoms with E-state index in [1.54, 1.807) is 6.92 Å². The van der Waals surface area contributed by atoms with Crippen molar-refractivity contribution in [2.75, 3.05) is 13.1 Å². The zero-order valence-corrected chi connectivity index (χ0v) is 15.3. The van der Waals surface area contributed by atoms with Gasteiger partial charge >= 0.3 is 0 Å². The Bertz CT molecular complexity index is 799. The Morgan fingerprint density at radius 3 is 2.60 bits per heavy atom. The lowest BCUT2D eigenvalue weighted by atomic mass is 10.0. The minimum atomic E-state index is -0.590. The molecule has 0 bridgehead atoms. The van der Waals surface area contributed by atoms with Crippen molar-refractivity contribution in [3.8, 4) is 6.19 Å². The SMILES string of the molecule is CCNC(=S)NC(Cc1ccc2ccccc2c1)C(=O)N(C#N)CC. The predicted octanol–water partition coefficient (Wildman–Crippen LogP) is 2.56. The van der Waals surface area contributed by atoms with Crippen molar-refractivity contribution in [1.82, 2.24) is 15.5 Å². The molecular formula is C19H22N4OS. The molecule has 0 radical (unpaired) electrons. The third-order valence-electron chi connectivity index (χ3n) is 3.90. The lowest BCUT2D eigenvalue weighted by Crippen LogP contribution is -2.51. The van der Waals surface area contributed by atoms with Crippen LogP contribution in [0.1, 0.15) is 19.4 Å². The quantitative estimate of drug-likeness (QED) is 0.474. The van der Waals surface area contributed by atoms with E-state index in [1.807, 2.05) is 43.4 Å². The van der Waals surface area contributed by atoms with Gasteiger partial charge in [0, 0.05) is 19.5 Å². The Kier molecular flexibility index (Phi) is 6.72. The Morgan fingerprint density at radius 1 is 1.24 bits per heavy atom. The first-order valence-corrected chi connectivity index (χ1v) is 8.73. The molecule has 0 saturated heterocycles. The predicted molar refractivity (Wildman–Crippen MR) is 104 cm³/mol.